The van der Waals surface area contributed by atoms with Crippen LogP contribution in [0.15, 0.2) is 51.5 Å². The third-order valence-electron chi connectivity index (χ3n) is 3.75. The molecule has 0 aliphatic rings. The van der Waals surface area contributed by atoms with Crippen molar-refractivity contribution in [3.05, 3.63) is 69.1 Å². The summed E-state index contributed by atoms with van der Waals surface area (Å²) in [5.41, 5.74) is 0.270. The third kappa shape index (κ3) is 4.23. The number of hydrogen-bond acceptors (Lipinski definition) is 5. The molecule has 1 N–H and O–H groups in total. The van der Waals surface area contributed by atoms with Gasteiger partial charge in [0.25, 0.3) is 5.91 Å². The maximum atomic E-state index is 14.2. The van der Waals surface area contributed by atoms with Gasteiger partial charge < -0.3 is 14.6 Å². The van der Waals surface area contributed by atoms with E-state index in [4.69, 9.17) is 20.9 Å². The Labute approximate surface area is 172 Å². The van der Waals surface area contributed by atoms with E-state index in [0.717, 1.165) is 0 Å². The zero-order valence-electron chi connectivity index (χ0n) is 14.5. The minimum absolute atomic E-state index is 0.0639. The van der Waals surface area contributed by atoms with E-state index in [1.807, 2.05) is 0 Å². The van der Waals surface area contributed by atoms with Gasteiger partial charge in [-0.05, 0) is 47.1 Å². The van der Waals surface area contributed by atoms with Crippen LogP contribution in [0.1, 0.15) is 16.1 Å². The molecule has 144 valence electrons. The van der Waals surface area contributed by atoms with Crippen LogP contribution in [0.4, 0.5) is 10.1 Å². The van der Waals surface area contributed by atoms with Crippen molar-refractivity contribution < 1.29 is 23.2 Å². The minimum atomic E-state index is -0.879. The molecular weight excluding hydrogens is 455 g/mol. The summed E-state index contributed by atoms with van der Waals surface area (Å²) in [6.07, 6.45) is 0. The quantitative estimate of drug-likeness (QED) is 0.534. The number of esters is 1. The zero-order chi connectivity index (χ0) is 20.3. The van der Waals surface area contributed by atoms with Gasteiger partial charge >= 0.3 is 5.97 Å². The Hall–Kier alpha value is -2.71. The number of nitrogens with zero attached hydrogens (tertiary/aromatic N) is 1. The van der Waals surface area contributed by atoms with Gasteiger partial charge in [0, 0.05) is 4.47 Å². The average Bonchev–Trinajstić information content (AvgIpc) is 3.03. The first-order valence-corrected chi connectivity index (χ1v) is 9.17. The first-order chi connectivity index (χ1) is 13.4. The first kappa shape index (κ1) is 20.0. The second-order valence-electron chi connectivity index (χ2n) is 5.66. The lowest BCUT2D eigenvalue weighted by Crippen LogP contribution is -2.21. The Kier molecular flexibility index (Phi) is 6.11. The smallest absolute Gasteiger partial charge is 0.344 e. The number of carbonyl (C=O) groups excluding carboxylic acids is 2. The molecule has 6 nitrogen and oxygen atoms in total. The molecule has 0 saturated carbocycles. The van der Waals surface area contributed by atoms with Gasteiger partial charge in [-0.25, -0.2) is 9.18 Å². The van der Waals surface area contributed by atoms with E-state index < -0.39 is 24.3 Å². The van der Waals surface area contributed by atoms with Crippen molar-refractivity contribution in [1.29, 1.82) is 0 Å². The fourth-order valence-electron chi connectivity index (χ4n) is 2.46. The SMILES string of the molecule is Cc1onc(-c2c(F)cccc2Cl)c1C(=O)OCC(=O)Nc1ccccc1Br. The van der Waals surface area contributed by atoms with Gasteiger partial charge in [0.2, 0.25) is 0 Å². The van der Waals surface area contributed by atoms with Crippen LogP contribution in [0.25, 0.3) is 11.3 Å². The van der Waals surface area contributed by atoms with Crippen molar-refractivity contribution in [2.75, 3.05) is 11.9 Å². The fourth-order valence-corrected chi connectivity index (χ4v) is 3.10. The molecule has 0 spiro atoms. The van der Waals surface area contributed by atoms with Crippen molar-refractivity contribution in [1.82, 2.24) is 5.16 Å². The summed E-state index contributed by atoms with van der Waals surface area (Å²) in [7, 11) is 0. The zero-order valence-corrected chi connectivity index (χ0v) is 16.8. The molecule has 3 aromatic rings. The molecule has 1 heterocycles. The van der Waals surface area contributed by atoms with E-state index in [-0.39, 0.29) is 27.6 Å². The molecule has 0 aliphatic carbocycles. The summed E-state index contributed by atoms with van der Waals surface area (Å²) in [4.78, 5) is 24.5. The number of amides is 1. The number of aromatic nitrogens is 1. The summed E-state index contributed by atoms with van der Waals surface area (Å²) in [6, 6.07) is 11.1. The van der Waals surface area contributed by atoms with E-state index in [9.17, 15) is 14.0 Å². The number of carbonyl (C=O) groups is 2. The molecule has 3 rings (SSSR count). The fraction of sp³-hybridized carbons (Fsp3) is 0.105. The van der Waals surface area contributed by atoms with Crippen molar-refractivity contribution in [2.45, 2.75) is 6.92 Å². The van der Waals surface area contributed by atoms with Crippen LogP contribution in [0.3, 0.4) is 0 Å². The predicted molar refractivity (Wildman–Crippen MR) is 105 cm³/mol. The highest BCUT2D eigenvalue weighted by molar-refractivity contribution is 9.10. The van der Waals surface area contributed by atoms with E-state index in [0.29, 0.717) is 10.2 Å². The highest BCUT2D eigenvalue weighted by Crippen LogP contribution is 2.33. The summed E-state index contributed by atoms with van der Waals surface area (Å²) in [5, 5.41) is 6.40. The molecule has 0 aliphatic heterocycles. The molecule has 0 radical (unpaired) electrons. The maximum Gasteiger partial charge on any atom is 0.344 e. The van der Waals surface area contributed by atoms with E-state index in [1.165, 1.54) is 25.1 Å². The number of halogens is 3. The largest absolute Gasteiger partial charge is 0.452 e. The van der Waals surface area contributed by atoms with E-state index in [2.05, 4.69) is 26.4 Å². The number of anilines is 1. The normalized spacial score (nSPS) is 10.6. The second kappa shape index (κ2) is 8.53. The van der Waals surface area contributed by atoms with Crippen LogP contribution in [-0.2, 0) is 9.53 Å². The Balaban J connectivity index is 1.76. The number of para-hydroxylation sites is 1. The molecule has 0 saturated heterocycles. The summed E-state index contributed by atoms with van der Waals surface area (Å²) < 4.78 is 24.9. The van der Waals surface area contributed by atoms with Gasteiger partial charge in [-0.1, -0.05) is 35.0 Å². The molecule has 0 bridgehead atoms. The van der Waals surface area contributed by atoms with Gasteiger partial charge in [-0.3, -0.25) is 4.79 Å². The molecule has 2 aromatic carbocycles. The van der Waals surface area contributed by atoms with Gasteiger partial charge in [0.1, 0.15) is 22.8 Å². The Morgan fingerprint density at radius 3 is 2.71 bits per heavy atom. The Morgan fingerprint density at radius 1 is 1.25 bits per heavy atom. The van der Waals surface area contributed by atoms with Crippen molar-refractivity contribution in [2.24, 2.45) is 0 Å². The van der Waals surface area contributed by atoms with Crippen LogP contribution in [0.2, 0.25) is 5.02 Å². The van der Waals surface area contributed by atoms with Crippen LogP contribution in [0.5, 0.6) is 0 Å². The maximum absolute atomic E-state index is 14.2. The lowest BCUT2D eigenvalue weighted by Gasteiger charge is -2.09. The highest BCUT2D eigenvalue weighted by Gasteiger charge is 2.27. The molecule has 0 fully saturated rings. The molecular formula is C19H13BrClFN2O4. The highest BCUT2D eigenvalue weighted by atomic mass is 79.9. The van der Waals surface area contributed by atoms with Crippen molar-refractivity contribution in [3.63, 3.8) is 0 Å². The van der Waals surface area contributed by atoms with Crippen molar-refractivity contribution >= 4 is 45.1 Å². The van der Waals surface area contributed by atoms with Crippen molar-refractivity contribution in [3.8, 4) is 11.3 Å². The monoisotopic (exact) mass is 466 g/mol. The minimum Gasteiger partial charge on any atom is -0.452 e. The number of benzene rings is 2. The van der Waals surface area contributed by atoms with E-state index >= 15 is 0 Å². The molecule has 1 amide bonds. The summed E-state index contributed by atoms with van der Waals surface area (Å²) in [6.45, 7) is 0.929. The molecule has 0 unspecified atom stereocenters. The molecule has 1 aromatic heterocycles. The lowest BCUT2D eigenvalue weighted by atomic mass is 10.1. The standard InChI is InChI=1S/C19H13BrClFN2O4/c1-10-16(18(24-28-10)17-12(21)6-4-7-13(17)22)19(26)27-9-15(25)23-14-8-3-2-5-11(14)20/h2-8H,9H2,1H3,(H,23,25). The van der Waals surface area contributed by atoms with Crippen LogP contribution in [-0.4, -0.2) is 23.6 Å². The van der Waals surface area contributed by atoms with Crippen LogP contribution < -0.4 is 5.32 Å². The van der Waals surface area contributed by atoms with Gasteiger partial charge in [0.05, 0.1) is 16.3 Å². The number of aryl methyl sites for hydroxylation is 1. The third-order valence-corrected chi connectivity index (χ3v) is 4.76. The van der Waals surface area contributed by atoms with Crippen LogP contribution >= 0.6 is 27.5 Å². The number of ether oxygens (including phenoxy) is 1. The summed E-state index contributed by atoms with van der Waals surface area (Å²) >= 11 is 9.34. The Bertz CT molecular complexity index is 1030. The molecule has 9 heteroatoms. The van der Waals surface area contributed by atoms with E-state index in [1.54, 1.807) is 24.3 Å². The molecule has 28 heavy (non-hydrogen) atoms. The van der Waals surface area contributed by atoms with Gasteiger partial charge in [-0.2, -0.15) is 0 Å². The van der Waals surface area contributed by atoms with Gasteiger partial charge in [-0.15, -0.1) is 0 Å². The number of rotatable bonds is 5. The predicted octanol–water partition coefficient (Wildman–Crippen LogP) is 5.00. The first-order valence-electron chi connectivity index (χ1n) is 8.00. The Morgan fingerprint density at radius 2 is 2.00 bits per heavy atom. The van der Waals surface area contributed by atoms with Crippen LogP contribution in [0, 0.1) is 12.7 Å². The number of hydrogen-bond donors (Lipinski definition) is 1. The molecule has 0 atom stereocenters. The lowest BCUT2D eigenvalue weighted by molar-refractivity contribution is -0.119. The second-order valence-corrected chi connectivity index (χ2v) is 6.92. The summed E-state index contributed by atoms with van der Waals surface area (Å²) in [5.74, 6) is -1.97. The number of nitrogens with one attached hydrogen (secondary N) is 1. The van der Waals surface area contributed by atoms with Gasteiger partial charge in [0.15, 0.2) is 6.61 Å². The average molecular weight is 468 g/mol. The topological polar surface area (TPSA) is 81.4 Å².